The van der Waals surface area contributed by atoms with Crippen LogP contribution in [-0.2, 0) is 10.9 Å². The van der Waals surface area contributed by atoms with Gasteiger partial charge in [0.05, 0.1) is 6.61 Å². The number of nitrogens with zero attached hydrogens (tertiary/aromatic N) is 1. The highest BCUT2D eigenvalue weighted by Gasteiger charge is 2.41. The number of rotatable bonds is 2. The Morgan fingerprint density at radius 2 is 1.85 bits per heavy atom. The summed E-state index contributed by atoms with van der Waals surface area (Å²) in [5.74, 6) is -0.301. The molecule has 0 atom stereocenters. The quantitative estimate of drug-likeness (QED) is 0.658. The highest BCUT2D eigenvalue weighted by Crippen LogP contribution is 2.49. The first-order valence-corrected chi connectivity index (χ1v) is 8.34. The van der Waals surface area contributed by atoms with E-state index in [4.69, 9.17) is 4.74 Å². The summed E-state index contributed by atoms with van der Waals surface area (Å²) < 4.78 is 48.3. The van der Waals surface area contributed by atoms with Crippen molar-refractivity contribution in [1.29, 1.82) is 0 Å². The minimum absolute atomic E-state index is 0.0677. The van der Waals surface area contributed by atoms with Gasteiger partial charge in [-0.2, -0.15) is 13.2 Å². The maximum atomic E-state index is 12.6. The Morgan fingerprint density at radius 3 is 2.35 bits per heavy atom. The molecule has 1 aliphatic rings. The summed E-state index contributed by atoms with van der Waals surface area (Å²) in [7, 11) is 0. The molecule has 0 spiro atoms. The van der Waals surface area contributed by atoms with Gasteiger partial charge < -0.3 is 9.26 Å². The molecule has 0 fully saturated rings. The molecule has 1 aromatic carbocycles. The van der Waals surface area contributed by atoms with E-state index < -0.39 is 11.9 Å². The van der Waals surface area contributed by atoms with Crippen molar-refractivity contribution >= 4 is 5.76 Å². The van der Waals surface area contributed by atoms with Crippen LogP contribution in [0.2, 0.25) is 0 Å². The molecule has 0 amide bonds. The Labute approximate surface area is 150 Å². The van der Waals surface area contributed by atoms with Gasteiger partial charge in [-0.15, -0.1) is 0 Å². The second-order valence-electron chi connectivity index (χ2n) is 8.19. The molecule has 2 heterocycles. The first kappa shape index (κ1) is 18.5. The number of alkyl halides is 3. The molecule has 3 nitrogen and oxygen atoms in total. The summed E-state index contributed by atoms with van der Waals surface area (Å²) in [6, 6.07) is 9.08. The third-order valence-electron chi connectivity index (χ3n) is 4.37. The summed E-state index contributed by atoms with van der Waals surface area (Å²) in [5.41, 5.74) is 2.45. The third-order valence-corrected chi connectivity index (χ3v) is 4.37. The van der Waals surface area contributed by atoms with Crippen LogP contribution in [0.15, 0.2) is 34.4 Å². The molecule has 0 bridgehead atoms. The number of ether oxygens (including phenoxy) is 1. The lowest BCUT2D eigenvalue weighted by atomic mass is 9.71. The van der Waals surface area contributed by atoms with Crippen LogP contribution < -0.4 is 0 Å². The summed E-state index contributed by atoms with van der Waals surface area (Å²) in [4.78, 5) is 0. The lowest BCUT2D eigenvalue weighted by molar-refractivity contribution is -0.155. The van der Waals surface area contributed by atoms with Crippen molar-refractivity contribution in [2.75, 3.05) is 6.61 Å². The molecule has 0 saturated heterocycles. The minimum Gasteiger partial charge on any atom is -0.492 e. The zero-order valence-electron chi connectivity index (χ0n) is 15.4. The highest BCUT2D eigenvalue weighted by atomic mass is 19.4. The van der Waals surface area contributed by atoms with E-state index in [0.717, 1.165) is 17.4 Å². The van der Waals surface area contributed by atoms with Crippen molar-refractivity contribution in [3.05, 3.63) is 47.2 Å². The van der Waals surface area contributed by atoms with Crippen molar-refractivity contribution in [3.63, 3.8) is 0 Å². The molecule has 1 aromatic heterocycles. The third kappa shape index (κ3) is 3.37. The Kier molecular flexibility index (Phi) is 4.20. The van der Waals surface area contributed by atoms with Crippen LogP contribution in [0, 0.1) is 16.9 Å². The van der Waals surface area contributed by atoms with Crippen molar-refractivity contribution in [3.8, 4) is 11.3 Å². The summed E-state index contributed by atoms with van der Waals surface area (Å²) in [6.45, 7) is 11.3. The normalized spacial score (nSPS) is 17.5. The Hall–Kier alpha value is -2.24. The maximum Gasteiger partial charge on any atom is 0.452 e. The van der Waals surface area contributed by atoms with Crippen LogP contribution in [0.1, 0.15) is 45.9 Å². The van der Waals surface area contributed by atoms with Gasteiger partial charge in [-0.05, 0) is 23.1 Å². The Morgan fingerprint density at radius 1 is 1.15 bits per heavy atom. The molecule has 6 heteroatoms. The predicted octanol–water partition coefficient (Wildman–Crippen LogP) is 5.97. The average molecular weight is 364 g/mol. The monoisotopic (exact) mass is 364 g/mol. The molecule has 1 radical (unpaired) electrons. The smallest absolute Gasteiger partial charge is 0.452 e. The summed E-state index contributed by atoms with van der Waals surface area (Å²) in [5, 5.41) is 3.49. The topological polar surface area (TPSA) is 35.3 Å². The second-order valence-corrected chi connectivity index (χ2v) is 8.19. The molecule has 2 aromatic rings. The lowest BCUT2D eigenvalue weighted by Gasteiger charge is -2.30. The molecular formula is C20H21F3NO2. The molecule has 3 rings (SSSR count). The van der Waals surface area contributed by atoms with Gasteiger partial charge in [-0.25, -0.2) is 0 Å². The Bertz CT molecular complexity index is 837. The van der Waals surface area contributed by atoms with Crippen LogP contribution in [-0.4, -0.2) is 11.8 Å². The van der Waals surface area contributed by atoms with Gasteiger partial charge in [-0.3, -0.25) is 0 Å². The van der Waals surface area contributed by atoms with Crippen molar-refractivity contribution in [1.82, 2.24) is 5.16 Å². The van der Waals surface area contributed by atoms with Crippen LogP contribution in [0.4, 0.5) is 13.2 Å². The largest absolute Gasteiger partial charge is 0.492 e. The van der Waals surface area contributed by atoms with Gasteiger partial charge in [0.25, 0.3) is 0 Å². The summed E-state index contributed by atoms with van der Waals surface area (Å²) in [6.07, 6.45) is -4.55. The molecule has 0 saturated carbocycles. The number of halogens is 3. The fourth-order valence-corrected chi connectivity index (χ4v) is 3.55. The van der Waals surface area contributed by atoms with Gasteiger partial charge in [0.15, 0.2) is 0 Å². The van der Waals surface area contributed by atoms with Gasteiger partial charge in [0, 0.05) is 22.6 Å². The number of aromatic nitrogens is 1. The molecule has 139 valence electrons. The van der Waals surface area contributed by atoms with E-state index in [2.05, 4.69) is 50.4 Å². The fraction of sp³-hybridized carbons (Fsp3) is 0.450. The average Bonchev–Trinajstić information content (AvgIpc) is 3.10. The molecular weight excluding hydrogens is 343 g/mol. The number of hydrogen-bond acceptors (Lipinski definition) is 3. The van der Waals surface area contributed by atoms with Gasteiger partial charge in [0.2, 0.25) is 5.76 Å². The molecule has 0 N–H and O–H groups in total. The molecule has 1 aliphatic heterocycles. The van der Waals surface area contributed by atoms with E-state index in [1.54, 1.807) is 12.1 Å². The van der Waals surface area contributed by atoms with Crippen molar-refractivity contribution in [2.24, 2.45) is 10.8 Å². The van der Waals surface area contributed by atoms with Crippen LogP contribution in [0.5, 0.6) is 0 Å². The second kappa shape index (κ2) is 5.89. The zero-order valence-corrected chi connectivity index (χ0v) is 15.4. The standard InChI is InChI=1S/C20H21F3NO2/c1-18(2,3)17-16(25-11-19(17,4)5)13-8-6-12(7-9-13)14-10-15(26-24-14)20(21,22)23/h6,8-10H,11H2,1-5H3. The molecule has 0 unspecified atom stereocenters. The van der Waals surface area contributed by atoms with Crippen LogP contribution >= 0.6 is 0 Å². The van der Waals surface area contributed by atoms with E-state index in [-0.39, 0.29) is 16.5 Å². The van der Waals surface area contributed by atoms with E-state index in [1.165, 1.54) is 5.57 Å². The lowest BCUT2D eigenvalue weighted by Crippen LogP contribution is -2.24. The van der Waals surface area contributed by atoms with E-state index in [0.29, 0.717) is 12.2 Å². The Balaban J connectivity index is 1.96. The van der Waals surface area contributed by atoms with Gasteiger partial charge >= 0.3 is 6.18 Å². The minimum atomic E-state index is -4.55. The summed E-state index contributed by atoms with van der Waals surface area (Å²) >= 11 is 0. The number of benzene rings is 1. The van der Waals surface area contributed by atoms with Crippen molar-refractivity contribution in [2.45, 2.75) is 40.8 Å². The molecule has 26 heavy (non-hydrogen) atoms. The predicted molar refractivity (Wildman–Crippen MR) is 91.9 cm³/mol. The SMILES string of the molecule is CC(C)(C)C1=C(c2c[c]c(-c3cc(C(F)(F)F)on3)cc2)OCC1(C)C. The van der Waals surface area contributed by atoms with Crippen LogP contribution in [0.25, 0.3) is 17.0 Å². The van der Waals surface area contributed by atoms with Gasteiger partial charge in [0.1, 0.15) is 11.5 Å². The van der Waals surface area contributed by atoms with Crippen molar-refractivity contribution < 1.29 is 22.4 Å². The zero-order chi connectivity index (χ0) is 19.3. The first-order valence-electron chi connectivity index (χ1n) is 8.34. The molecule has 0 aliphatic carbocycles. The van der Waals surface area contributed by atoms with E-state index in [1.807, 2.05) is 6.07 Å². The highest BCUT2D eigenvalue weighted by molar-refractivity contribution is 5.70. The first-order chi connectivity index (χ1) is 11.9. The van der Waals surface area contributed by atoms with E-state index >= 15 is 0 Å². The van der Waals surface area contributed by atoms with Gasteiger partial charge in [-0.1, -0.05) is 51.9 Å². The maximum absolute atomic E-state index is 12.6. The fourth-order valence-electron chi connectivity index (χ4n) is 3.55. The van der Waals surface area contributed by atoms with E-state index in [9.17, 15) is 13.2 Å². The van der Waals surface area contributed by atoms with Crippen LogP contribution in [0.3, 0.4) is 0 Å². The number of hydrogen-bond donors (Lipinski definition) is 0.